The average Bonchev–Trinajstić information content (AvgIpc) is 3.34. The molecular formula is C20H18F2N4O2. The van der Waals surface area contributed by atoms with E-state index in [1.165, 1.54) is 12.1 Å². The molecule has 1 aromatic heterocycles. The zero-order chi connectivity index (χ0) is 19.7. The predicted octanol–water partition coefficient (Wildman–Crippen LogP) is 3.80. The summed E-state index contributed by atoms with van der Waals surface area (Å²) in [6, 6.07) is 6.39. The van der Waals surface area contributed by atoms with Crippen LogP contribution in [0.1, 0.15) is 37.1 Å². The van der Waals surface area contributed by atoms with Gasteiger partial charge in [-0.1, -0.05) is 11.2 Å². The summed E-state index contributed by atoms with van der Waals surface area (Å²) in [6.45, 7) is -0.311. The van der Waals surface area contributed by atoms with E-state index in [2.05, 4.69) is 21.5 Å². The van der Waals surface area contributed by atoms with Gasteiger partial charge in [-0.25, -0.2) is 8.78 Å². The Morgan fingerprint density at radius 1 is 1.36 bits per heavy atom. The molecule has 144 valence electrons. The Morgan fingerprint density at radius 3 is 3.00 bits per heavy atom. The van der Waals surface area contributed by atoms with E-state index < -0.39 is 6.43 Å². The lowest BCUT2D eigenvalue weighted by Gasteiger charge is -2.20. The lowest BCUT2D eigenvalue weighted by atomic mass is 9.91. The number of nitrogens with zero attached hydrogens (tertiary/aromatic N) is 3. The van der Waals surface area contributed by atoms with Crippen LogP contribution in [0, 0.1) is 11.3 Å². The smallest absolute Gasteiger partial charge is 0.258 e. The van der Waals surface area contributed by atoms with Crippen molar-refractivity contribution in [3.05, 3.63) is 46.8 Å². The molecular weight excluding hydrogens is 366 g/mol. The van der Waals surface area contributed by atoms with Crippen molar-refractivity contribution in [1.29, 1.82) is 5.26 Å². The second kappa shape index (κ2) is 7.52. The number of phenols is 1. The molecule has 0 saturated carbocycles. The fourth-order valence-electron chi connectivity index (χ4n) is 3.85. The molecule has 1 atom stereocenters. The highest BCUT2D eigenvalue weighted by atomic mass is 19.3. The molecule has 2 N–H and O–H groups in total. The Labute approximate surface area is 160 Å². The number of phenolic OH excluding ortho intramolecular Hbond substituents is 1. The Hall–Kier alpha value is -3.05. The Kier molecular flexibility index (Phi) is 4.92. The van der Waals surface area contributed by atoms with Crippen LogP contribution in [0.15, 0.2) is 39.9 Å². The molecule has 2 aliphatic rings. The molecule has 2 aliphatic carbocycles. The van der Waals surface area contributed by atoms with Crippen molar-refractivity contribution in [3.8, 4) is 23.3 Å². The minimum Gasteiger partial charge on any atom is -0.507 e. The van der Waals surface area contributed by atoms with Gasteiger partial charge in [-0.2, -0.15) is 10.2 Å². The molecule has 8 heteroatoms. The van der Waals surface area contributed by atoms with E-state index in [1.807, 2.05) is 6.07 Å². The molecule has 1 aromatic carbocycles. The summed E-state index contributed by atoms with van der Waals surface area (Å²) in [5.74, 6) is 0.595. The topological polar surface area (TPSA) is 95.0 Å². The molecule has 0 fully saturated rings. The number of alkyl halides is 2. The quantitative estimate of drug-likeness (QED) is 0.814. The Balaban J connectivity index is 1.60. The van der Waals surface area contributed by atoms with Crippen LogP contribution in [0.5, 0.6) is 5.75 Å². The highest BCUT2D eigenvalue weighted by molar-refractivity contribution is 5.79. The van der Waals surface area contributed by atoms with Crippen molar-refractivity contribution in [2.24, 2.45) is 0 Å². The number of rotatable bonds is 5. The highest BCUT2D eigenvalue weighted by Crippen LogP contribution is 2.41. The molecule has 1 unspecified atom stereocenters. The van der Waals surface area contributed by atoms with Gasteiger partial charge in [0.25, 0.3) is 12.3 Å². The summed E-state index contributed by atoms with van der Waals surface area (Å²) >= 11 is 0. The summed E-state index contributed by atoms with van der Waals surface area (Å²) < 4.78 is 30.4. The van der Waals surface area contributed by atoms with Crippen LogP contribution in [0.4, 0.5) is 8.78 Å². The van der Waals surface area contributed by atoms with Crippen LogP contribution in [0.3, 0.4) is 0 Å². The van der Waals surface area contributed by atoms with Gasteiger partial charge in [0.15, 0.2) is 0 Å². The third kappa shape index (κ3) is 3.41. The first kappa shape index (κ1) is 18.3. The molecule has 0 spiro atoms. The second-order valence-electron chi connectivity index (χ2n) is 6.82. The van der Waals surface area contributed by atoms with E-state index in [4.69, 9.17) is 9.78 Å². The standard InChI is InChI=1S/C20H18F2N4O2/c21-18(22)10-24-16-6-5-13-14(16)2-1-3-15(13)19-25-20(28-26-19)11-4-7-17(27)12(8-11)9-23/h3-4,7-8,16,18,24,27H,1-2,5-6,10H2. The van der Waals surface area contributed by atoms with E-state index >= 15 is 0 Å². The molecule has 0 amide bonds. The number of aromatic nitrogens is 2. The minimum atomic E-state index is -2.37. The first-order chi connectivity index (χ1) is 13.6. The van der Waals surface area contributed by atoms with E-state index in [1.54, 1.807) is 6.07 Å². The summed E-state index contributed by atoms with van der Waals surface area (Å²) in [5.41, 5.74) is 3.82. The normalized spacial score (nSPS) is 18.9. The van der Waals surface area contributed by atoms with Crippen molar-refractivity contribution >= 4 is 5.57 Å². The van der Waals surface area contributed by atoms with Crippen LogP contribution in [-0.4, -0.2) is 34.3 Å². The second-order valence-corrected chi connectivity index (χ2v) is 6.82. The molecule has 4 rings (SSSR count). The molecule has 0 saturated heterocycles. The zero-order valence-electron chi connectivity index (χ0n) is 15.0. The van der Waals surface area contributed by atoms with Crippen molar-refractivity contribution in [3.63, 3.8) is 0 Å². The molecule has 2 aromatic rings. The maximum atomic E-state index is 12.5. The maximum Gasteiger partial charge on any atom is 0.258 e. The monoisotopic (exact) mass is 384 g/mol. The number of benzene rings is 1. The molecule has 0 bridgehead atoms. The first-order valence-electron chi connectivity index (χ1n) is 9.08. The van der Waals surface area contributed by atoms with Crippen LogP contribution in [0.2, 0.25) is 0 Å². The van der Waals surface area contributed by atoms with E-state index in [0.29, 0.717) is 11.4 Å². The fraction of sp³-hybridized carbons (Fsp3) is 0.350. The van der Waals surface area contributed by atoms with Gasteiger partial charge in [0.2, 0.25) is 5.82 Å². The summed E-state index contributed by atoms with van der Waals surface area (Å²) in [5, 5.41) is 25.7. The number of allylic oxidation sites excluding steroid dienone is 3. The summed E-state index contributed by atoms with van der Waals surface area (Å²) in [6.07, 6.45) is 2.88. The third-order valence-electron chi connectivity index (χ3n) is 5.13. The van der Waals surface area contributed by atoms with Crippen molar-refractivity contribution in [2.45, 2.75) is 38.2 Å². The highest BCUT2D eigenvalue weighted by Gasteiger charge is 2.31. The number of nitrogens with one attached hydrogen (secondary N) is 1. The minimum absolute atomic E-state index is 0.0330. The van der Waals surface area contributed by atoms with Gasteiger partial charge in [0.1, 0.15) is 11.8 Å². The Bertz CT molecular complexity index is 1000. The molecule has 28 heavy (non-hydrogen) atoms. The number of aromatic hydroxyl groups is 1. The van der Waals surface area contributed by atoms with Crippen LogP contribution < -0.4 is 5.32 Å². The van der Waals surface area contributed by atoms with Crippen molar-refractivity contribution in [1.82, 2.24) is 15.5 Å². The van der Waals surface area contributed by atoms with Gasteiger partial charge in [-0.05, 0) is 55.0 Å². The van der Waals surface area contributed by atoms with Gasteiger partial charge in [0, 0.05) is 17.2 Å². The predicted molar refractivity (Wildman–Crippen MR) is 97.4 cm³/mol. The third-order valence-corrected chi connectivity index (χ3v) is 5.13. The number of halogens is 2. The van der Waals surface area contributed by atoms with Crippen molar-refractivity contribution in [2.75, 3.05) is 6.54 Å². The van der Waals surface area contributed by atoms with Crippen LogP contribution >= 0.6 is 0 Å². The lowest BCUT2D eigenvalue weighted by molar-refractivity contribution is 0.143. The maximum absolute atomic E-state index is 12.5. The van der Waals surface area contributed by atoms with Gasteiger partial charge in [-0.3, -0.25) is 0 Å². The molecule has 0 aliphatic heterocycles. The first-order valence-corrected chi connectivity index (χ1v) is 9.08. The summed E-state index contributed by atoms with van der Waals surface area (Å²) in [7, 11) is 0. The largest absolute Gasteiger partial charge is 0.507 e. The summed E-state index contributed by atoms with van der Waals surface area (Å²) in [4.78, 5) is 4.46. The lowest BCUT2D eigenvalue weighted by Crippen LogP contribution is -2.33. The number of hydrogen-bond donors (Lipinski definition) is 2. The van der Waals surface area contributed by atoms with Gasteiger partial charge < -0.3 is 14.9 Å². The van der Waals surface area contributed by atoms with E-state index in [-0.39, 0.29) is 29.8 Å². The fourth-order valence-corrected chi connectivity index (χ4v) is 3.85. The molecule has 1 heterocycles. The van der Waals surface area contributed by atoms with Gasteiger partial charge >= 0.3 is 0 Å². The molecule has 0 radical (unpaired) electrons. The number of hydrogen-bond acceptors (Lipinski definition) is 6. The van der Waals surface area contributed by atoms with Crippen LogP contribution in [-0.2, 0) is 0 Å². The van der Waals surface area contributed by atoms with Crippen LogP contribution in [0.25, 0.3) is 17.0 Å². The van der Waals surface area contributed by atoms with Crippen molar-refractivity contribution < 1.29 is 18.4 Å². The molecule has 6 nitrogen and oxygen atoms in total. The SMILES string of the molecule is N#Cc1cc(-c2nc(C3=CCCC4=C3CCC4NCC(F)F)no2)ccc1O. The number of nitriles is 1. The zero-order valence-corrected chi connectivity index (χ0v) is 15.0. The van der Waals surface area contributed by atoms with E-state index in [9.17, 15) is 13.9 Å². The van der Waals surface area contributed by atoms with Gasteiger partial charge in [-0.15, -0.1) is 0 Å². The van der Waals surface area contributed by atoms with E-state index in [0.717, 1.165) is 42.4 Å². The average molecular weight is 384 g/mol. The van der Waals surface area contributed by atoms with Gasteiger partial charge in [0.05, 0.1) is 12.1 Å². The Morgan fingerprint density at radius 2 is 2.21 bits per heavy atom.